The maximum absolute atomic E-state index is 11.2. The fraction of sp³-hybridized carbons (Fsp3) is 0.750. The molecule has 5 heteroatoms. The third-order valence-electron chi connectivity index (χ3n) is 2.00. The topological polar surface area (TPSA) is 55.4 Å². The van der Waals surface area contributed by atoms with Gasteiger partial charge in [0.15, 0.2) is 0 Å². The summed E-state index contributed by atoms with van der Waals surface area (Å²) in [6.45, 7) is 1.60. The molecule has 1 fully saturated rings. The minimum Gasteiger partial charge on any atom is -0.392 e. The van der Waals surface area contributed by atoms with E-state index in [0.717, 1.165) is 25.9 Å². The highest BCUT2D eigenvalue weighted by Gasteiger charge is 2.23. The van der Waals surface area contributed by atoms with Gasteiger partial charge in [-0.15, -0.1) is 11.6 Å². The van der Waals surface area contributed by atoms with Crippen molar-refractivity contribution in [3.63, 3.8) is 0 Å². The van der Waals surface area contributed by atoms with Crippen LogP contribution in [0.1, 0.15) is 12.8 Å². The smallest absolute Gasteiger partial charge is 0.328 e. The quantitative estimate of drug-likeness (QED) is 0.400. The van der Waals surface area contributed by atoms with E-state index in [4.69, 9.17) is 11.6 Å². The molecular formula is C8H12ClNO3. The van der Waals surface area contributed by atoms with E-state index in [1.165, 1.54) is 0 Å². The highest BCUT2D eigenvalue weighted by molar-refractivity contribution is 6.27. The second-order valence-electron chi connectivity index (χ2n) is 2.95. The van der Waals surface area contributed by atoms with Crippen LogP contribution in [0.25, 0.3) is 0 Å². The normalized spacial score (nSPS) is 18.2. The van der Waals surface area contributed by atoms with E-state index in [9.17, 15) is 9.59 Å². The second kappa shape index (κ2) is 5.19. The highest BCUT2D eigenvalue weighted by Crippen LogP contribution is 2.13. The van der Waals surface area contributed by atoms with Gasteiger partial charge in [0.2, 0.25) is 0 Å². The lowest BCUT2D eigenvalue weighted by atomic mass is 9.99. The van der Waals surface area contributed by atoms with E-state index in [0.29, 0.717) is 0 Å². The summed E-state index contributed by atoms with van der Waals surface area (Å²) >= 11 is 5.20. The molecule has 0 aromatic carbocycles. The molecule has 4 nitrogen and oxygen atoms in total. The average Bonchev–Trinajstić information content (AvgIpc) is 2.19. The van der Waals surface area contributed by atoms with Gasteiger partial charge in [0.25, 0.3) is 0 Å². The average molecular weight is 206 g/mol. The number of hydrogen-bond donors (Lipinski definition) is 1. The van der Waals surface area contributed by atoms with Crippen molar-refractivity contribution in [2.75, 3.05) is 19.0 Å². The largest absolute Gasteiger partial charge is 0.392 e. The van der Waals surface area contributed by atoms with Crippen molar-refractivity contribution in [3.8, 4) is 0 Å². The van der Waals surface area contributed by atoms with Gasteiger partial charge < -0.3 is 10.1 Å². The minimum atomic E-state index is -0.662. The summed E-state index contributed by atoms with van der Waals surface area (Å²) in [7, 11) is 0. The number of nitrogens with one attached hydrogen (secondary N) is 1. The Hall–Kier alpha value is -0.610. The monoisotopic (exact) mass is 205 g/mol. The molecule has 1 aliphatic heterocycles. The first-order valence-corrected chi connectivity index (χ1v) is 4.78. The molecule has 74 valence electrons. The van der Waals surface area contributed by atoms with Crippen LogP contribution >= 0.6 is 11.6 Å². The van der Waals surface area contributed by atoms with Crippen LogP contribution in [0.15, 0.2) is 0 Å². The molecular weight excluding hydrogens is 194 g/mol. The number of ether oxygens (including phenoxy) is 1. The third-order valence-corrected chi connectivity index (χ3v) is 2.21. The third kappa shape index (κ3) is 3.32. The lowest BCUT2D eigenvalue weighted by molar-refractivity contribution is -0.161. The minimum absolute atomic E-state index is 0.145. The molecule has 1 N–H and O–H groups in total. The van der Waals surface area contributed by atoms with Gasteiger partial charge in [0.05, 0.1) is 5.92 Å². The Labute approximate surface area is 81.6 Å². The Bertz CT molecular complexity index is 202. The van der Waals surface area contributed by atoms with Gasteiger partial charge in [-0.05, 0) is 25.9 Å². The van der Waals surface area contributed by atoms with Gasteiger partial charge in [0.1, 0.15) is 5.88 Å². The molecule has 1 rings (SSSR count). The first-order chi connectivity index (χ1) is 6.24. The molecule has 0 aromatic heterocycles. The van der Waals surface area contributed by atoms with Crippen molar-refractivity contribution in [3.05, 3.63) is 0 Å². The van der Waals surface area contributed by atoms with Crippen molar-refractivity contribution >= 4 is 23.5 Å². The number of hydrogen-bond acceptors (Lipinski definition) is 4. The molecule has 0 radical (unpaired) electrons. The van der Waals surface area contributed by atoms with Gasteiger partial charge >= 0.3 is 11.9 Å². The molecule has 1 saturated heterocycles. The summed E-state index contributed by atoms with van der Waals surface area (Å²) in [5.74, 6) is -1.51. The molecule has 0 unspecified atom stereocenters. The Morgan fingerprint density at radius 3 is 2.54 bits per heavy atom. The predicted octanol–water partition coefficient (Wildman–Crippen LogP) is 0.295. The molecule has 0 aromatic rings. The fourth-order valence-electron chi connectivity index (χ4n) is 1.28. The Morgan fingerprint density at radius 1 is 1.38 bits per heavy atom. The molecule has 0 amide bonds. The van der Waals surface area contributed by atoms with Gasteiger partial charge in [-0.3, -0.25) is 9.59 Å². The summed E-state index contributed by atoms with van der Waals surface area (Å²) in [4.78, 5) is 21.9. The van der Waals surface area contributed by atoms with Crippen LogP contribution in [0, 0.1) is 5.92 Å². The Kier molecular flexibility index (Phi) is 4.18. The number of alkyl halides is 1. The van der Waals surface area contributed by atoms with Crippen LogP contribution < -0.4 is 5.32 Å². The molecule has 0 spiro atoms. The van der Waals surface area contributed by atoms with Crippen molar-refractivity contribution in [2.24, 2.45) is 5.92 Å². The molecule has 0 saturated carbocycles. The molecule has 0 atom stereocenters. The molecule has 0 aliphatic carbocycles. The number of rotatable bonds is 2. The van der Waals surface area contributed by atoms with Crippen molar-refractivity contribution in [2.45, 2.75) is 12.8 Å². The summed E-state index contributed by atoms with van der Waals surface area (Å²) in [6, 6.07) is 0. The Balaban J connectivity index is 2.33. The van der Waals surface area contributed by atoms with E-state index in [1.54, 1.807) is 0 Å². The van der Waals surface area contributed by atoms with Gasteiger partial charge in [-0.2, -0.15) is 0 Å². The van der Waals surface area contributed by atoms with Crippen LogP contribution in [0.5, 0.6) is 0 Å². The van der Waals surface area contributed by atoms with E-state index in [1.807, 2.05) is 0 Å². The van der Waals surface area contributed by atoms with Crippen molar-refractivity contribution in [1.82, 2.24) is 5.32 Å². The zero-order chi connectivity index (χ0) is 9.68. The lowest BCUT2D eigenvalue weighted by Gasteiger charge is -2.19. The molecule has 0 bridgehead atoms. The summed E-state index contributed by atoms with van der Waals surface area (Å²) in [5.41, 5.74) is 0. The van der Waals surface area contributed by atoms with Crippen molar-refractivity contribution < 1.29 is 14.3 Å². The van der Waals surface area contributed by atoms with Crippen LogP contribution in [0.2, 0.25) is 0 Å². The zero-order valence-electron chi connectivity index (χ0n) is 7.22. The van der Waals surface area contributed by atoms with Gasteiger partial charge in [-0.1, -0.05) is 0 Å². The van der Waals surface area contributed by atoms with Gasteiger partial charge in [-0.25, -0.2) is 0 Å². The first kappa shape index (κ1) is 10.5. The number of halogens is 1. The molecule has 1 aliphatic rings. The number of carbonyl (C=O) groups is 2. The van der Waals surface area contributed by atoms with Crippen LogP contribution in [-0.2, 0) is 14.3 Å². The predicted molar refractivity (Wildman–Crippen MR) is 47.4 cm³/mol. The standard InChI is InChI=1S/C8H12ClNO3/c9-5-7(11)13-8(12)6-1-3-10-4-2-6/h6,10H,1-5H2. The summed E-state index contributed by atoms with van der Waals surface area (Å²) < 4.78 is 4.50. The fourth-order valence-corrected chi connectivity index (χ4v) is 1.33. The maximum atomic E-state index is 11.2. The van der Waals surface area contributed by atoms with Crippen LogP contribution in [-0.4, -0.2) is 30.9 Å². The van der Waals surface area contributed by atoms with E-state index < -0.39 is 11.9 Å². The maximum Gasteiger partial charge on any atom is 0.328 e. The summed E-state index contributed by atoms with van der Waals surface area (Å²) in [5, 5.41) is 3.12. The number of carbonyl (C=O) groups excluding carboxylic acids is 2. The second-order valence-corrected chi connectivity index (χ2v) is 3.22. The number of esters is 2. The van der Waals surface area contributed by atoms with Crippen LogP contribution in [0.3, 0.4) is 0 Å². The van der Waals surface area contributed by atoms with E-state index >= 15 is 0 Å². The molecule has 13 heavy (non-hydrogen) atoms. The zero-order valence-corrected chi connectivity index (χ0v) is 7.97. The number of piperidine rings is 1. The first-order valence-electron chi connectivity index (χ1n) is 4.25. The van der Waals surface area contributed by atoms with Gasteiger partial charge in [0, 0.05) is 0 Å². The van der Waals surface area contributed by atoms with E-state index in [-0.39, 0.29) is 11.8 Å². The van der Waals surface area contributed by atoms with Crippen LogP contribution in [0.4, 0.5) is 0 Å². The lowest BCUT2D eigenvalue weighted by Crippen LogP contribution is -2.33. The van der Waals surface area contributed by atoms with Crippen molar-refractivity contribution in [1.29, 1.82) is 0 Å². The SMILES string of the molecule is O=C(CCl)OC(=O)C1CCNCC1. The Morgan fingerprint density at radius 2 is 2.00 bits per heavy atom. The summed E-state index contributed by atoms with van der Waals surface area (Å²) in [6.07, 6.45) is 1.46. The molecule has 1 heterocycles. The highest BCUT2D eigenvalue weighted by atomic mass is 35.5. The van der Waals surface area contributed by atoms with E-state index in [2.05, 4.69) is 10.1 Å².